The topological polar surface area (TPSA) is 78.4 Å². The molecular weight excluding hydrogens is 204 g/mol. The van der Waals surface area contributed by atoms with Crippen molar-refractivity contribution in [2.75, 3.05) is 7.11 Å². The van der Waals surface area contributed by atoms with Crippen LogP contribution in [0.3, 0.4) is 0 Å². The molecule has 0 spiro atoms. The van der Waals surface area contributed by atoms with Crippen LogP contribution in [0.2, 0.25) is 0 Å². The first-order valence-electron chi connectivity index (χ1n) is 3.68. The third-order valence-electron chi connectivity index (χ3n) is 1.66. The van der Waals surface area contributed by atoms with E-state index < -0.39 is 4.92 Å². The van der Waals surface area contributed by atoms with Crippen LogP contribution in [0.1, 0.15) is 5.56 Å². The molecule has 0 saturated heterocycles. The Hall–Kier alpha value is -1.69. The summed E-state index contributed by atoms with van der Waals surface area (Å²) in [5.41, 5.74) is 5.81. The lowest BCUT2D eigenvalue weighted by Gasteiger charge is -2.03. The van der Waals surface area contributed by atoms with E-state index in [1.165, 1.54) is 25.3 Å². The maximum absolute atomic E-state index is 10.5. The zero-order valence-corrected chi connectivity index (χ0v) is 8.21. The average molecular weight is 212 g/mol. The van der Waals surface area contributed by atoms with Crippen LogP contribution in [-0.4, -0.2) is 17.0 Å². The molecule has 0 radical (unpaired) electrons. The number of thiocarbonyl (C=S) groups is 1. The Morgan fingerprint density at radius 2 is 2.29 bits per heavy atom. The van der Waals surface area contributed by atoms with Crippen molar-refractivity contribution in [1.82, 2.24) is 0 Å². The van der Waals surface area contributed by atoms with Crippen molar-refractivity contribution >= 4 is 22.9 Å². The Kier molecular flexibility index (Phi) is 2.98. The van der Waals surface area contributed by atoms with E-state index in [9.17, 15) is 10.1 Å². The van der Waals surface area contributed by atoms with Crippen molar-refractivity contribution in [3.8, 4) is 5.75 Å². The summed E-state index contributed by atoms with van der Waals surface area (Å²) in [6.45, 7) is 0. The zero-order chi connectivity index (χ0) is 10.7. The summed E-state index contributed by atoms with van der Waals surface area (Å²) >= 11 is 4.73. The van der Waals surface area contributed by atoms with Crippen molar-refractivity contribution < 1.29 is 9.66 Å². The van der Waals surface area contributed by atoms with E-state index in [0.29, 0.717) is 5.56 Å². The molecule has 0 bridgehead atoms. The van der Waals surface area contributed by atoms with Crippen LogP contribution in [0.15, 0.2) is 18.2 Å². The highest BCUT2D eigenvalue weighted by Crippen LogP contribution is 2.27. The SMILES string of the molecule is COc1cc(C(N)=S)ccc1[N+](=O)[O-]. The van der Waals surface area contributed by atoms with Gasteiger partial charge in [0.15, 0.2) is 5.75 Å². The zero-order valence-electron chi connectivity index (χ0n) is 7.39. The molecule has 0 amide bonds. The minimum atomic E-state index is -0.526. The third-order valence-corrected chi connectivity index (χ3v) is 1.90. The van der Waals surface area contributed by atoms with Crippen molar-refractivity contribution in [2.45, 2.75) is 0 Å². The van der Waals surface area contributed by atoms with Crippen molar-refractivity contribution in [1.29, 1.82) is 0 Å². The summed E-state index contributed by atoms with van der Waals surface area (Å²) in [5.74, 6) is 0.153. The second-order valence-corrected chi connectivity index (χ2v) is 2.95. The molecule has 0 aliphatic carbocycles. The second-order valence-electron chi connectivity index (χ2n) is 2.51. The molecule has 0 aliphatic heterocycles. The third kappa shape index (κ3) is 1.97. The number of nitro benzene ring substituents is 1. The van der Waals surface area contributed by atoms with Crippen molar-refractivity contribution in [3.63, 3.8) is 0 Å². The molecule has 2 N–H and O–H groups in total. The van der Waals surface area contributed by atoms with Gasteiger partial charge < -0.3 is 10.5 Å². The van der Waals surface area contributed by atoms with E-state index in [1.54, 1.807) is 0 Å². The van der Waals surface area contributed by atoms with Crippen LogP contribution in [0.5, 0.6) is 5.75 Å². The fourth-order valence-electron chi connectivity index (χ4n) is 0.982. The Labute approximate surface area is 85.6 Å². The predicted molar refractivity (Wildman–Crippen MR) is 55.5 cm³/mol. The van der Waals surface area contributed by atoms with Gasteiger partial charge in [-0.25, -0.2) is 0 Å². The Balaban J connectivity index is 3.25. The molecule has 74 valence electrons. The molecule has 6 heteroatoms. The van der Waals surface area contributed by atoms with Crippen molar-refractivity contribution in [2.24, 2.45) is 5.73 Å². The molecule has 0 heterocycles. The highest BCUT2D eigenvalue weighted by atomic mass is 32.1. The highest BCUT2D eigenvalue weighted by molar-refractivity contribution is 7.80. The predicted octanol–water partition coefficient (Wildman–Crippen LogP) is 1.24. The summed E-state index contributed by atoms with van der Waals surface area (Å²) in [5, 5.41) is 10.5. The number of hydrogen-bond acceptors (Lipinski definition) is 4. The molecule has 0 saturated carbocycles. The highest BCUT2D eigenvalue weighted by Gasteiger charge is 2.14. The summed E-state index contributed by atoms with van der Waals surface area (Å²) < 4.78 is 4.84. The van der Waals surface area contributed by atoms with Crippen LogP contribution < -0.4 is 10.5 Å². The number of hydrogen-bond donors (Lipinski definition) is 1. The number of nitrogens with zero attached hydrogens (tertiary/aromatic N) is 1. The molecule has 0 aliphatic rings. The van der Waals surface area contributed by atoms with Gasteiger partial charge in [0.2, 0.25) is 0 Å². The summed E-state index contributed by atoms with van der Waals surface area (Å²) in [6, 6.07) is 4.25. The van der Waals surface area contributed by atoms with Gasteiger partial charge in [0.1, 0.15) is 4.99 Å². The van der Waals surface area contributed by atoms with Crippen LogP contribution >= 0.6 is 12.2 Å². The van der Waals surface area contributed by atoms with Gasteiger partial charge in [-0.2, -0.15) is 0 Å². The van der Waals surface area contributed by atoms with Crippen molar-refractivity contribution in [3.05, 3.63) is 33.9 Å². The van der Waals surface area contributed by atoms with E-state index >= 15 is 0 Å². The number of nitrogens with two attached hydrogens (primary N) is 1. The lowest BCUT2D eigenvalue weighted by atomic mass is 10.2. The monoisotopic (exact) mass is 212 g/mol. The summed E-state index contributed by atoms with van der Waals surface area (Å²) in [6.07, 6.45) is 0. The standard InChI is InChI=1S/C8H8N2O3S/c1-13-7-4-5(8(9)14)2-3-6(7)10(11)12/h2-4H,1H3,(H2,9,14). The average Bonchev–Trinajstić information content (AvgIpc) is 2.16. The van der Waals surface area contributed by atoms with Gasteiger partial charge in [-0.05, 0) is 12.1 Å². The lowest BCUT2D eigenvalue weighted by molar-refractivity contribution is -0.385. The maximum atomic E-state index is 10.5. The fourth-order valence-corrected chi connectivity index (χ4v) is 1.11. The largest absolute Gasteiger partial charge is 0.490 e. The van der Waals surface area contributed by atoms with E-state index in [-0.39, 0.29) is 16.4 Å². The number of methoxy groups -OCH3 is 1. The number of nitro groups is 1. The van der Waals surface area contributed by atoms with Crippen LogP contribution in [0, 0.1) is 10.1 Å². The number of benzene rings is 1. The van der Waals surface area contributed by atoms with E-state index in [0.717, 1.165) is 0 Å². The molecule has 0 atom stereocenters. The van der Waals surface area contributed by atoms with E-state index in [1.807, 2.05) is 0 Å². The van der Waals surface area contributed by atoms with E-state index in [4.69, 9.17) is 22.7 Å². The summed E-state index contributed by atoms with van der Waals surface area (Å²) in [7, 11) is 1.35. The van der Waals surface area contributed by atoms with Crippen LogP contribution in [-0.2, 0) is 0 Å². The smallest absolute Gasteiger partial charge is 0.310 e. The minimum Gasteiger partial charge on any atom is -0.490 e. The van der Waals surface area contributed by atoms with Gasteiger partial charge >= 0.3 is 5.69 Å². The first-order valence-corrected chi connectivity index (χ1v) is 4.09. The van der Waals surface area contributed by atoms with Gasteiger partial charge in [-0.1, -0.05) is 12.2 Å². The Morgan fingerprint density at radius 3 is 2.71 bits per heavy atom. The molecule has 14 heavy (non-hydrogen) atoms. The molecule has 0 aromatic heterocycles. The normalized spacial score (nSPS) is 9.50. The van der Waals surface area contributed by atoms with Crippen LogP contribution in [0.25, 0.3) is 0 Å². The number of rotatable bonds is 3. The first kappa shape index (κ1) is 10.4. The molecule has 1 rings (SSSR count). The molecule has 1 aromatic rings. The molecule has 1 aromatic carbocycles. The minimum absolute atomic E-state index is 0.104. The molecular formula is C8H8N2O3S. The van der Waals surface area contributed by atoms with Crippen LogP contribution in [0.4, 0.5) is 5.69 Å². The Morgan fingerprint density at radius 1 is 1.64 bits per heavy atom. The van der Waals surface area contributed by atoms with E-state index in [2.05, 4.69) is 0 Å². The number of ether oxygens (including phenoxy) is 1. The Bertz CT molecular complexity index is 392. The lowest BCUT2D eigenvalue weighted by Crippen LogP contribution is -2.09. The second kappa shape index (κ2) is 4.01. The van der Waals surface area contributed by atoms with Gasteiger partial charge in [0.25, 0.3) is 0 Å². The molecule has 0 unspecified atom stereocenters. The van der Waals surface area contributed by atoms with Gasteiger partial charge in [-0.15, -0.1) is 0 Å². The van der Waals surface area contributed by atoms with Gasteiger partial charge in [-0.3, -0.25) is 10.1 Å². The first-order chi connectivity index (χ1) is 6.56. The fraction of sp³-hybridized carbons (Fsp3) is 0.125. The quantitative estimate of drug-likeness (QED) is 0.463. The maximum Gasteiger partial charge on any atom is 0.310 e. The summed E-state index contributed by atoms with van der Waals surface area (Å²) in [4.78, 5) is 10.2. The molecule has 0 fully saturated rings. The molecule has 5 nitrogen and oxygen atoms in total. The van der Waals surface area contributed by atoms with Gasteiger partial charge in [0, 0.05) is 11.6 Å². The van der Waals surface area contributed by atoms with Gasteiger partial charge in [0.05, 0.1) is 12.0 Å².